The first-order chi connectivity index (χ1) is 18.9. The molecule has 0 radical (unpaired) electrons. The molecule has 6 rings (SSSR count). The van der Waals surface area contributed by atoms with Crippen LogP contribution in [0.5, 0.6) is 5.75 Å². The molecule has 1 aromatic heterocycles. The van der Waals surface area contributed by atoms with Gasteiger partial charge in [-0.2, -0.15) is 0 Å². The number of anilines is 2. The number of ether oxygens (including phenoxy) is 1. The Morgan fingerprint density at radius 2 is 1.67 bits per heavy atom. The number of H-pyrrole nitrogens is 1. The molecule has 3 heterocycles. The van der Waals surface area contributed by atoms with Crippen molar-refractivity contribution >= 4 is 52.2 Å². The number of hydrogen-bond acceptors (Lipinski definition) is 7. The van der Waals surface area contributed by atoms with Gasteiger partial charge in [-0.3, -0.25) is 19.2 Å². The smallest absolute Gasteiger partial charge is 0.305 e. The first-order valence-corrected chi connectivity index (χ1v) is 14.0. The third kappa shape index (κ3) is 4.77. The molecule has 1 saturated heterocycles. The van der Waals surface area contributed by atoms with Crippen molar-refractivity contribution < 1.29 is 19.1 Å². The molecule has 8 nitrogen and oxygen atoms in total. The van der Waals surface area contributed by atoms with Gasteiger partial charge in [0.25, 0.3) is 5.91 Å². The van der Waals surface area contributed by atoms with E-state index in [0.29, 0.717) is 22.2 Å². The minimum absolute atomic E-state index is 0.166. The van der Waals surface area contributed by atoms with Crippen LogP contribution in [0.2, 0.25) is 0 Å². The van der Waals surface area contributed by atoms with Crippen molar-refractivity contribution in [1.82, 2.24) is 4.98 Å². The molecule has 1 fully saturated rings. The lowest BCUT2D eigenvalue weighted by Gasteiger charge is -2.29. The fourth-order valence-electron chi connectivity index (χ4n) is 4.96. The van der Waals surface area contributed by atoms with Gasteiger partial charge < -0.3 is 15.0 Å². The number of aromatic nitrogens is 1. The lowest BCUT2D eigenvalue weighted by Crippen LogP contribution is -2.32. The lowest BCUT2D eigenvalue weighted by atomic mass is 9.83. The van der Waals surface area contributed by atoms with Crippen LogP contribution >= 0.6 is 23.1 Å². The zero-order chi connectivity index (χ0) is 27.1. The molecule has 3 atom stereocenters. The molecule has 10 heteroatoms. The van der Waals surface area contributed by atoms with Crippen molar-refractivity contribution in [2.45, 2.75) is 23.1 Å². The quantitative estimate of drug-likeness (QED) is 0.337. The summed E-state index contributed by atoms with van der Waals surface area (Å²) in [6.07, 6.45) is 0. The van der Waals surface area contributed by atoms with E-state index in [4.69, 9.17) is 4.74 Å². The second-order valence-corrected chi connectivity index (χ2v) is 11.5. The van der Waals surface area contributed by atoms with E-state index in [0.717, 1.165) is 27.3 Å². The summed E-state index contributed by atoms with van der Waals surface area (Å²) in [4.78, 5) is 56.4. The molecule has 3 unspecified atom stereocenters. The fraction of sp³-hybridized carbons (Fsp3) is 0.172. The predicted octanol–water partition coefficient (Wildman–Crippen LogP) is 4.56. The SMILES string of the molecule is Cc1ccc(N2C(=O)C3Sc4[nH]c(=O)sc4C(c4ccc(OCC(=O)Nc5ccccc5)cc4)C3C2=O)cc1. The third-order valence-corrected chi connectivity index (χ3v) is 9.18. The summed E-state index contributed by atoms with van der Waals surface area (Å²) < 4.78 is 5.67. The number of hydrogen-bond donors (Lipinski definition) is 2. The Balaban J connectivity index is 1.25. The summed E-state index contributed by atoms with van der Waals surface area (Å²) in [6.45, 7) is 1.78. The highest BCUT2D eigenvalue weighted by Crippen LogP contribution is 2.53. The van der Waals surface area contributed by atoms with E-state index in [9.17, 15) is 19.2 Å². The molecule has 2 N–H and O–H groups in total. The maximum absolute atomic E-state index is 13.8. The summed E-state index contributed by atoms with van der Waals surface area (Å²) in [6, 6.07) is 23.5. The topological polar surface area (TPSA) is 109 Å². The molecular formula is C29H23N3O5S2. The van der Waals surface area contributed by atoms with Crippen LogP contribution in [0, 0.1) is 12.8 Å². The van der Waals surface area contributed by atoms with E-state index in [2.05, 4.69) is 10.3 Å². The molecule has 3 aromatic carbocycles. The zero-order valence-corrected chi connectivity index (χ0v) is 22.4. The molecule has 39 heavy (non-hydrogen) atoms. The predicted molar refractivity (Wildman–Crippen MR) is 151 cm³/mol. The number of imide groups is 1. The number of aryl methyl sites for hydroxylation is 1. The number of nitrogens with zero attached hydrogens (tertiary/aromatic N) is 1. The van der Waals surface area contributed by atoms with Crippen molar-refractivity contribution in [2.75, 3.05) is 16.8 Å². The van der Waals surface area contributed by atoms with E-state index in [1.165, 1.54) is 16.7 Å². The number of carbonyl (C=O) groups excluding carboxylic acids is 3. The van der Waals surface area contributed by atoms with E-state index < -0.39 is 17.1 Å². The van der Waals surface area contributed by atoms with Crippen LogP contribution in [0.1, 0.15) is 21.9 Å². The average molecular weight is 558 g/mol. The number of thioether (sulfide) groups is 1. The number of nitrogens with one attached hydrogen (secondary N) is 2. The van der Waals surface area contributed by atoms with Crippen LogP contribution < -0.4 is 19.8 Å². The summed E-state index contributed by atoms with van der Waals surface area (Å²) in [5.41, 5.74) is 3.04. The minimum Gasteiger partial charge on any atom is -0.484 e. The number of aromatic amines is 1. The Morgan fingerprint density at radius 3 is 2.38 bits per heavy atom. The van der Waals surface area contributed by atoms with Crippen molar-refractivity contribution in [3.05, 3.63) is 105 Å². The lowest BCUT2D eigenvalue weighted by molar-refractivity contribution is -0.122. The van der Waals surface area contributed by atoms with E-state index in [-0.39, 0.29) is 29.2 Å². The van der Waals surface area contributed by atoms with Crippen LogP contribution in [0.3, 0.4) is 0 Å². The van der Waals surface area contributed by atoms with Gasteiger partial charge in [-0.25, -0.2) is 4.90 Å². The normalized spacial score (nSPS) is 19.9. The van der Waals surface area contributed by atoms with Crippen LogP contribution in [0.15, 0.2) is 88.7 Å². The molecule has 3 amide bonds. The Labute approximate surface area is 232 Å². The molecular weight excluding hydrogens is 534 g/mol. The van der Waals surface area contributed by atoms with Crippen LogP contribution in [-0.2, 0) is 14.4 Å². The molecule has 196 valence electrons. The van der Waals surface area contributed by atoms with Gasteiger partial charge in [0.1, 0.15) is 11.0 Å². The van der Waals surface area contributed by atoms with Gasteiger partial charge in [0.05, 0.1) is 16.6 Å². The molecule has 2 aliphatic rings. The molecule has 0 bridgehead atoms. The Bertz CT molecular complexity index is 1610. The first kappa shape index (κ1) is 25.1. The maximum Gasteiger partial charge on any atom is 0.305 e. The fourth-order valence-corrected chi connectivity index (χ4v) is 7.48. The standard InChI is InChI=1S/C29H23N3O5S2/c1-16-7-11-19(12-8-16)32-27(34)23-22(24-26(31-29(36)39-24)38-25(23)28(32)35)17-9-13-20(14-10-17)37-15-21(33)30-18-5-3-2-4-6-18/h2-14,22-23,25H,15H2,1H3,(H,30,33)(H,31,36). The monoisotopic (exact) mass is 557 g/mol. The van der Waals surface area contributed by atoms with Crippen molar-refractivity contribution in [3.63, 3.8) is 0 Å². The number of rotatable bonds is 6. The number of carbonyl (C=O) groups is 3. The maximum atomic E-state index is 13.8. The highest BCUT2D eigenvalue weighted by atomic mass is 32.2. The molecule has 2 aliphatic heterocycles. The van der Waals surface area contributed by atoms with Gasteiger partial charge in [-0.05, 0) is 48.9 Å². The summed E-state index contributed by atoms with van der Waals surface area (Å²) in [7, 11) is 0. The van der Waals surface area contributed by atoms with Crippen molar-refractivity contribution in [1.29, 1.82) is 0 Å². The number of amides is 3. The zero-order valence-electron chi connectivity index (χ0n) is 20.7. The highest BCUT2D eigenvalue weighted by molar-refractivity contribution is 8.00. The summed E-state index contributed by atoms with van der Waals surface area (Å²) in [5, 5.41) is 2.74. The van der Waals surface area contributed by atoms with E-state index in [1.54, 1.807) is 36.4 Å². The van der Waals surface area contributed by atoms with Gasteiger partial charge >= 0.3 is 4.87 Å². The van der Waals surface area contributed by atoms with Gasteiger partial charge in [0, 0.05) is 16.5 Å². The van der Waals surface area contributed by atoms with Gasteiger partial charge in [-0.15, -0.1) is 0 Å². The second kappa shape index (κ2) is 10.2. The third-order valence-electron chi connectivity index (χ3n) is 6.78. The highest BCUT2D eigenvalue weighted by Gasteiger charge is 2.56. The Hall–Kier alpha value is -4.15. The van der Waals surface area contributed by atoms with Gasteiger partial charge in [0.15, 0.2) is 6.61 Å². The van der Waals surface area contributed by atoms with Crippen molar-refractivity contribution in [3.8, 4) is 5.75 Å². The number of benzene rings is 3. The van der Waals surface area contributed by atoms with Gasteiger partial charge in [-0.1, -0.05) is 71.1 Å². The minimum atomic E-state index is -0.661. The molecule has 0 spiro atoms. The first-order valence-electron chi connectivity index (χ1n) is 12.3. The largest absolute Gasteiger partial charge is 0.484 e. The van der Waals surface area contributed by atoms with Crippen LogP contribution in [0.25, 0.3) is 0 Å². The van der Waals surface area contributed by atoms with Gasteiger partial charge in [0.2, 0.25) is 11.8 Å². The average Bonchev–Trinajstić information content (AvgIpc) is 3.43. The number of fused-ring (bicyclic) bond motifs is 2. The number of thiazole rings is 1. The molecule has 0 aliphatic carbocycles. The Kier molecular flexibility index (Phi) is 6.58. The Morgan fingerprint density at radius 1 is 0.949 bits per heavy atom. The number of para-hydroxylation sites is 1. The molecule has 4 aromatic rings. The van der Waals surface area contributed by atoms with Crippen LogP contribution in [0.4, 0.5) is 11.4 Å². The second-order valence-electron chi connectivity index (χ2n) is 9.37. The van der Waals surface area contributed by atoms with Crippen LogP contribution in [-0.4, -0.2) is 34.6 Å². The van der Waals surface area contributed by atoms with E-state index >= 15 is 0 Å². The van der Waals surface area contributed by atoms with E-state index in [1.807, 2.05) is 49.4 Å². The van der Waals surface area contributed by atoms with Crippen molar-refractivity contribution in [2.24, 2.45) is 5.92 Å². The molecule has 0 saturated carbocycles. The summed E-state index contributed by atoms with van der Waals surface area (Å²) >= 11 is 2.31. The summed E-state index contributed by atoms with van der Waals surface area (Å²) in [5.74, 6) is -1.50.